The topological polar surface area (TPSA) is 60.2 Å². The number of methoxy groups -OCH3 is 1. The summed E-state index contributed by atoms with van der Waals surface area (Å²) in [6.45, 7) is 6.17. The third-order valence-corrected chi connectivity index (χ3v) is 1.79. The van der Waals surface area contributed by atoms with Crippen LogP contribution in [0.25, 0.3) is 0 Å². The van der Waals surface area contributed by atoms with E-state index in [0.717, 1.165) is 13.2 Å². The third-order valence-electron chi connectivity index (χ3n) is 1.79. The van der Waals surface area contributed by atoms with E-state index < -0.39 is 0 Å². The van der Waals surface area contributed by atoms with E-state index >= 15 is 0 Å². The van der Waals surface area contributed by atoms with Gasteiger partial charge in [-0.2, -0.15) is 0 Å². The molecule has 1 rings (SSSR count). The van der Waals surface area contributed by atoms with Crippen LogP contribution in [0.1, 0.15) is 18.7 Å². The molecule has 1 aromatic heterocycles. The van der Waals surface area contributed by atoms with E-state index in [-0.39, 0.29) is 0 Å². The van der Waals surface area contributed by atoms with Gasteiger partial charge in [0.05, 0.1) is 6.54 Å². The van der Waals surface area contributed by atoms with Gasteiger partial charge in [0.15, 0.2) is 0 Å². The summed E-state index contributed by atoms with van der Waals surface area (Å²) in [6, 6.07) is 0. The summed E-state index contributed by atoms with van der Waals surface area (Å²) in [7, 11) is 1.71. The minimum absolute atomic E-state index is 0.490. The lowest BCUT2D eigenvalue weighted by Crippen LogP contribution is -2.23. The summed E-state index contributed by atoms with van der Waals surface area (Å²) in [6.07, 6.45) is 0. The Morgan fingerprint density at radius 3 is 2.86 bits per heavy atom. The molecule has 0 fully saturated rings. The van der Waals surface area contributed by atoms with Crippen LogP contribution in [-0.4, -0.2) is 30.5 Å². The molecule has 1 N–H and O–H groups in total. The monoisotopic (exact) mass is 199 g/mol. The molecule has 0 aromatic carbocycles. The molecule has 1 atom stereocenters. The predicted octanol–water partition coefficient (Wildman–Crippen LogP) is 0.750. The molecule has 1 aromatic rings. The van der Waals surface area contributed by atoms with Gasteiger partial charge < -0.3 is 14.5 Å². The summed E-state index contributed by atoms with van der Waals surface area (Å²) in [4.78, 5) is 0. The maximum absolute atomic E-state index is 5.21. The van der Waals surface area contributed by atoms with E-state index in [1.807, 2.05) is 0 Å². The minimum Gasteiger partial charge on any atom is -0.424 e. The number of nitrogens with zero attached hydrogens (tertiary/aromatic N) is 2. The van der Waals surface area contributed by atoms with Gasteiger partial charge in [-0.05, 0) is 5.92 Å². The molecule has 1 heterocycles. The zero-order valence-electron chi connectivity index (χ0n) is 8.91. The van der Waals surface area contributed by atoms with Gasteiger partial charge >= 0.3 is 0 Å². The van der Waals surface area contributed by atoms with Crippen molar-refractivity contribution < 1.29 is 9.15 Å². The number of rotatable bonds is 6. The molecule has 5 nitrogen and oxygen atoms in total. The molecule has 1 unspecified atom stereocenters. The van der Waals surface area contributed by atoms with Crippen molar-refractivity contribution in [3.63, 3.8) is 0 Å². The standard InChI is InChI=1S/C9H17N3O2/c1-7(6-13-3)4-10-5-9-12-11-8(2)14-9/h7,10H,4-6H2,1-3H3. The van der Waals surface area contributed by atoms with Gasteiger partial charge in [-0.1, -0.05) is 6.92 Å². The van der Waals surface area contributed by atoms with Crippen LogP contribution in [0.2, 0.25) is 0 Å². The molecule has 0 bridgehead atoms. The predicted molar refractivity (Wildman–Crippen MR) is 51.8 cm³/mol. The van der Waals surface area contributed by atoms with Crippen LogP contribution >= 0.6 is 0 Å². The van der Waals surface area contributed by atoms with Gasteiger partial charge in [-0.15, -0.1) is 10.2 Å². The summed E-state index contributed by atoms with van der Waals surface area (Å²) < 4.78 is 10.2. The van der Waals surface area contributed by atoms with Crippen molar-refractivity contribution in [3.05, 3.63) is 11.8 Å². The smallest absolute Gasteiger partial charge is 0.230 e. The fourth-order valence-electron chi connectivity index (χ4n) is 1.18. The van der Waals surface area contributed by atoms with E-state index in [0.29, 0.717) is 24.2 Å². The Kier molecular flexibility index (Phi) is 4.55. The molecule has 0 amide bonds. The maximum Gasteiger partial charge on any atom is 0.230 e. The SMILES string of the molecule is COCC(C)CNCc1nnc(C)o1. The van der Waals surface area contributed by atoms with Crippen LogP contribution in [0.3, 0.4) is 0 Å². The highest BCUT2D eigenvalue weighted by molar-refractivity contribution is 4.77. The fraction of sp³-hybridized carbons (Fsp3) is 0.778. The van der Waals surface area contributed by atoms with Crippen molar-refractivity contribution in [2.75, 3.05) is 20.3 Å². The Morgan fingerprint density at radius 1 is 1.50 bits per heavy atom. The first kappa shape index (κ1) is 11.1. The Morgan fingerprint density at radius 2 is 2.29 bits per heavy atom. The molecule has 80 valence electrons. The molecule has 0 spiro atoms. The fourth-order valence-corrected chi connectivity index (χ4v) is 1.18. The Hall–Kier alpha value is -0.940. The number of aromatic nitrogens is 2. The number of hydrogen-bond donors (Lipinski definition) is 1. The second kappa shape index (κ2) is 5.72. The normalized spacial score (nSPS) is 13.1. The van der Waals surface area contributed by atoms with Crippen LogP contribution in [0.5, 0.6) is 0 Å². The molecule has 0 aliphatic heterocycles. The lowest BCUT2D eigenvalue weighted by Gasteiger charge is -2.09. The molecular formula is C9H17N3O2. The number of nitrogens with one attached hydrogen (secondary N) is 1. The van der Waals surface area contributed by atoms with Crippen molar-refractivity contribution in [1.29, 1.82) is 0 Å². The molecular weight excluding hydrogens is 182 g/mol. The largest absolute Gasteiger partial charge is 0.424 e. The van der Waals surface area contributed by atoms with Crippen LogP contribution in [0.15, 0.2) is 4.42 Å². The highest BCUT2D eigenvalue weighted by atomic mass is 16.5. The van der Waals surface area contributed by atoms with Crippen molar-refractivity contribution in [1.82, 2.24) is 15.5 Å². The van der Waals surface area contributed by atoms with Crippen molar-refractivity contribution in [2.24, 2.45) is 5.92 Å². The first-order valence-electron chi connectivity index (χ1n) is 4.71. The molecule has 0 saturated carbocycles. The van der Waals surface area contributed by atoms with Gasteiger partial charge in [-0.25, -0.2) is 0 Å². The highest BCUT2D eigenvalue weighted by Gasteiger charge is 2.03. The van der Waals surface area contributed by atoms with E-state index in [1.165, 1.54) is 0 Å². The summed E-state index contributed by atoms with van der Waals surface area (Å²) in [5.74, 6) is 1.72. The van der Waals surface area contributed by atoms with Crippen LogP contribution in [0, 0.1) is 12.8 Å². The van der Waals surface area contributed by atoms with Crippen LogP contribution < -0.4 is 5.32 Å². The van der Waals surface area contributed by atoms with E-state index in [9.17, 15) is 0 Å². The minimum atomic E-state index is 0.490. The zero-order chi connectivity index (χ0) is 10.4. The van der Waals surface area contributed by atoms with Crippen LogP contribution in [-0.2, 0) is 11.3 Å². The number of hydrogen-bond acceptors (Lipinski definition) is 5. The average Bonchev–Trinajstić information content (AvgIpc) is 2.52. The molecule has 5 heteroatoms. The summed E-state index contributed by atoms with van der Waals surface area (Å²) >= 11 is 0. The van der Waals surface area contributed by atoms with Gasteiger partial charge in [0.1, 0.15) is 0 Å². The third kappa shape index (κ3) is 3.85. The first-order chi connectivity index (χ1) is 6.72. The van der Waals surface area contributed by atoms with E-state index in [4.69, 9.17) is 9.15 Å². The molecule has 0 saturated heterocycles. The Labute approximate surface area is 83.9 Å². The molecule has 14 heavy (non-hydrogen) atoms. The Balaban J connectivity index is 2.15. The van der Waals surface area contributed by atoms with Gasteiger partial charge in [0.25, 0.3) is 0 Å². The van der Waals surface area contributed by atoms with Gasteiger partial charge in [0, 0.05) is 27.2 Å². The van der Waals surface area contributed by atoms with Crippen molar-refractivity contribution in [2.45, 2.75) is 20.4 Å². The molecule has 0 aliphatic carbocycles. The second-order valence-corrected chi connectivity index (χ2v) is 3.41. The lowest BCUT2D eigenvalue weighted by atomic mass is 10.2. The van der Waals surface area contributed by atoms with Crippen LogP contribution in [0.4, 0.5) is 0 Å². The summed E-state index contributed by atoms with van der Waals surface area (Å²) in [5, 5.41) is 10.8. The first-order valence-corrected chi connectivity index (χ1v) is 4.71. The molecule has 0 radical (unpaired) electrons. The average molecular weight is 199 g/mol. The zero-order valence-corrected chi connectivity index (χ0v) is 8.91. The summed E-state index contributed by atoms with van der Waals surface area (Å²) in [5.41, 5.74) is 0. The number of aryl methyl sites for hydroxylation is 1. The maximum atomic E-state index is 5.21. The number of ether oxygens (including phenoxy) is 1. The Bertz CT molecular complexity index is 262. The van der Waals surface area contributed by atoms with Gasteiger partial charge in [-0.3, -0.25) is 0 Å². The van der Waals surface area contributed by atoms with E-state index in [1.54, 1.807) is 14.0 Å². The van der Waals surface area contributed by atoms with Crippen molar-refractivity contribution >= 4 is 0 Å². The van der Waals surface area contributed by atoms with Crippen molar-refractivity contribution in [3.8, 4) is 0 Å². The quantitative estimate of drug-likeness (QED) is 0.732. The van der Waals surface area contributed by atoms with Gasteiger partial charge in [0.2, 0.25) is 11.8 Å². The van der Waals surface area contributed by atoms with E-state index in [2.05, 4.69) is 22.4 Å². The second-order valence-electron chi connectivity index (χ2n) is 3.41. The lowest BCUT2D eigenvalue weighted by molar-refractivity contribution is 0.158. The molecule has 0 aliphatic rings. The highest BCUT2D eigenvalue weighted by Crippen LogP contribution is 1.98.